The first-order valence-corrected chi connectivity index (χ1v) is 11.7. The van der Waals surface area contributed by atoms with Crippen molar-refractivity contribution in [3.8, 4) is 0 Å². The van der Waals surface area contributed by atoms with Crippen LogP contribution < -0.4 is 4.90 Å². The summed E-state index contributed by atoms with van der Waals surface area (Å²) in [6.07, 6.45) is 0.293. The number of hydrogen-bond donors (Lipinski definition) is 0. The van der Waals surface area contributed by atoms with Crippen LogP contribution >= 0.6 is 0 Å². The number of anilines is 1. The van der Waals surface area contributed by atoms with Crippen LogP contribution in [-0.4, -0.2) is 49.5 Å². The second-order valence-corrected chi connectivity index (χ2v) is 8.88. The average molecular weight is 465 g/mol. The van der Waals surface area contributed by atoms with Crippen LogP contribution in [0.4, 0.5) is 10.5 Å². The molecule has 1 fully saturated rings. The van der Waals surface area contributed by atoms with Crippen LogP contribution in [0.15, 0.2) is 48.2 Å². The third-order valence-electron chi connectivity index (χ3n) is 6.69. The molecule has 2 aliphatic heterocycles. The Bertz CT molecular complexity index is 1090. The average Bonchev–Trinajstić information content (AvgIpc) is 3.02. The van der Waals surface area contributed by atoms with Crippen molar-refractivity contribution in [1.29, 1.82) is 0 Å². The molecule has 34 heavy (non-hydrogen) atoms. The van der Waals surface area contributed by atoms with Gasteiger partial charge < -0.3 is 14.3 Å². The summed E-state index contributed by atoms with van der Waals surface area (Å²) in [5, 5.41) is 1.86. The fourth-order valence-corrected chi connectivity index (χ4v) is 5.34. The molecule has 0 unspecified atom stereocenters. The number of carbonyl (C=O) groups excluding carboxylic acids is 2. The van der Waals surface area contributed by atoms with Gasteiger partial charge in [-0.2, -0.15) is 5.06 Å². The van der Waals surface area contributed by atoms with E-state index in [-0.39, 0.29) is 12.5 Å². The van der Waals surface area contributed by atoms with E-state index in [1.165, 1.54) is 0 Å². The first kappa shape index (κ1) is 24.0. The van der Waals surface area contributed by atoms with Crippen molar-refractivity contribution in [2.75, 3.05) is 31.7 Å². The Hall–Kier alpha value is -3.16. The molecule has 7 nitrogen and oxygen atoms in total. The highest BCUT2D eigenvalue weighted by molar-refractivity contribution is 6.31. The summed E-state index contributed by atoms with van der Waals surface area (Å²) < 4.78 is 11.1. The lowest BCUT2D eigenvalue weighted by Crippen LogP contribution is -2.55. The molecule has 2 aromatic carbocycles. The van der Waals surface area contributed by atoms with E-state index in [0.717, 1.165) is 27.9 Å². The van der Waals surface area contributed by atoms with E-state index in [4.69, 9.17) is 14.3 Å². The molecule has 0 N–H and O–H groups in total. The van der Waals surface area contributed by atoms with Gasteiger partial charge in [0.25, 0.3) is 5.91 Å². The molecular formula is C27H32N2O5. The van der Waals surface area contributed by atoms with Crippen molar-refractivity contribution in [3.05, 3.63) is 70.5 Å². The Morgan fingerprint density at radius 3 is 2.21 bits per heavy atom. The van der Waals surface area contributed by atoms with Gasteiger partial charge in [0, 0.05) is 18.8 Å². The van der Waals surface area contributed by atoms with Gasteiger partial charge in [0.2, 0.25) is 0 Å². The topological polar surface area (TPSA) is 68.3 Å². The van der Waals surface area contributed by atoms with Gasteiger partial charge in [-0.25, -0.2) is 4.79 Å². The summed E-state index contributed by atoms with van der Waals surface area (Å²) in [6.45, 7) is 9.09. The van der Waals surface area contributed by atoms with Gasteiger partial charge in [-0.1, -0.05) is 35.9 Å². The lowest BCUT2D eigenvalue weighted by Gasteiger charge is -2.44. The van der Waals surface area contributed by atoms with E-state index in [1.54, 1.807) is 14.0 Å². The fraction of sp³-hybridized carbons (Fsp3) is 0.407. The van der Waals surface area contributed by atoms with E-state index in [1.807, 2.05) is 61.1 Å². The molecule has 2 aliphatic rings. The quantitative estimate of drug-likeness (QED) is 0.584. The Morgan fingerprint density at radius 2 is 1.65 bits per heavy atom. The minimum Gasteiger partial charge on any atom is -0.434 e. The number of rotatable bonds is 5. The lowest BCUT2D eigenvalue weighted by atomic mass is 9.83. The number of amides is 1. The molecule has 0 radical (unpaired) electrons. The zero-order valence-corrected chi connectivity index (χ0v) is 20.5. The first-order chi connectivity index (χ1) is 16.3. The Morgan fingerprint density at radius 1 is 1.03 bits per heavy atom. The van der Waals surface area contributed by atoms with Crippen LogP contribution in [0.25, 0.3) is 5.57 Å². The highest BCUT2D eigenvalue weighted by Crippen LogP contribution is 2.50. The van der Waals surface area contributed by atoms with Crippen LogP contribution in [0.5, 0.6) is 0 Å². The largest absolute Gasteiger partial charge is 0.513 e. The number of carbonyl (C=O) groups is 2. The monoisotopic (exact) mass is 464 g/mol. The zero-order valence-electron chi connectivity index (χ0n) is 20.5. The summed E-state index contributed by atoms with van der Waals surface area (Å²) in [5.41, 5.74) is 4.20. The van der Waals surface area contributed by atoms with Crippen molar-refractivity contribution in [1.82, 2.24) is 5.06 Å². The standard InChI is InChI=1S/C27H32N2O5/c1-6-33-26(31)34-24-23(22-19(3)16-18(2)17-20(22)4)25(30)29(21-10-8-7-9-11-21)27(24)12-14-28(32-5)15-13-27/h7-11,16-17H,6,12-15H2,1-5H3. The molecule has 2 aromatic rings. The number of benzene rings is 2. The van der Waals surface area contributed by atoms with Gasteiger partial charge in [-0.3, -0.25) is 9.69 Å². The smallest absolute Gasteiger partial charge is 0.434 e. The van der Waals surface area contributed by atoms with Crippen molar-refractivity contribution in [2.24, 2.45) is 0 Å². The van der Waals surface area contributed by atoms with Crippen LogP contribution in [0.2, 0.25) is 0 Å². The number of hydroxylamine groups is 2. The Balaban J connectivity index is 1.97. The van der Waals surface area contributed by atoms with Gasteiger partial charge in [0.05, 0.1) is 19.3 Å². The molecule has 0 saturated carbocycles. The molecule has 0 aliphatic carbocycles. The summed E-state index contributed by atoms with van der Waals surface area (Å²) in [4.78, 5) is 34.2. The highest BCUT2D eigenvalue weighted by Gasteiger charge is 2.56. The molecule has 4 rings (SSSR count). The van der Waals surface area contributed by atoms with Crippen molar-refractivity contribution in [2.45, 2.75) is 46.1 Å². The molecular weight excluding hydrogens is 432 g/mol. The second-order valence-electron chi connectivity index (χ2n) is 8.88. The Labute approximate surface area is 200 Å². The van der Waals surface area contributed by atoms with Gasteiger partial charge in [-0.15, -0.1) is 0 Å². The Kier molecular flexibility index (Phi) is 6.77. The van der Waals surface area contributed by atoms with Gasteiger partial charge in [-0.05, 0) is 69.4 Å². The van der Waals surface area contributed by atoms with E-state index in [0.29, 0.717) is 37.3 Å². The molecule has 0 bridgehead atoms. The number of piperidine rings is 1. The van der Waals surface area contributed by atoms with Crippen LogP contribution in [0, 0.1) is 20.8 Å². The van der Waals surface area contributed by atoms with E-state index >= 15 is 0 Å². The predicted octanol–water partition coefficient (Wildman–Crippen LogP) is 4.94. The SMILES string of the molecule is CCOC(=O)OC1=C(c2c(C)cc(C)cc2C)C(=O)N(c2ccccc2)C12CCN(OC)CC2. The number of hydrogen-bond acceptors (Lipinski definition) is 6. The fourth-order valence-electron chi connectivity index (χ4n) is 5.34. The van der Waals surface area contributed by atoms with Crippen molar-refractivity contribution < 1.29 is 23.9 Å². The number of aryl methyl sites for hydroxylation is 3. The first-order valence-electron chi connectivity index (χ1n) is 11.7. The molecule has 1 spiro atoms. The lowest BCUT2D eigenvalue weighted by molar-refractivity contribution is -0.150. The normalized spacial score (nSPS) is 18.0. The zero-order chi connectivity index (χ0) is 24.5. The van der Waals surface area contributed by atoms with E-state index in [9.17, 15) is 9.59 Å². The van der Waals surface area contributed by atoms with E-state index in [2.05, 4.69) is 12.1 Å². The maximum absolute atomic E-state index is 14.3. The number of ether oxygens (including phenoxy) is 2. The summed E-state index contributed by atoms with van der Waals surface area (Å²) in [5.74, 6) is 0.192. The van der Waals surface area contributed by atoms with Gasteiger partial charge >= 0.3 is 6.16 Å². The molecule has 1 amide bonds. The third-order valence-corrected chi connectivity index (χ3v) is 6.69. The minimum atomic E-state index is -0.834. The number of nitrogens with zero attached hydrogens (tertiary/aromatic N) is 2. The van der Waals surface area contributed by atoms with Crippen LogP contribution in [0.3, 0.4) is 0 Å². The molecule has 0 atom stereocenters. The van der Waals surface area contributed by atoms with Crippen molar-refractivity contribution >= 4 is 23.3 Å². The summed E-state index contributed by atoms with van der Waals surface area (Å²) >= 11 is 0. The van der Waals surface area contributed by atoms with E-state index < -0.39 is 11.7 Å². The van der Waals surface area contributed by atoms with Crippen LogP contribution in [0.1, 0.15) is 42.0 Å². The van der Waals surface area contributed by atoms with Crippen molar-refractivity contribution in [3.63, 3.8) is 0 Å². The second kappa shape index (κ2) is 9.60. The molecule has 0 aromatic heterocycles. The molecule has 7 heteroatoms. The summed E-state index contributed by atoms with van der Waals surface area (Å²) in [6, 6.07) is 13.7. The maximum Gasteiger partial charge on any atom is 0.513 e. The van der Waals surface area contributed by atoms with Gasteiger partial charge in [0.15, 0.2) is 5.76 Å². The molecule has 2 heterocycles. The van der Waals surface area contributed by atoms with Crippen LogP contribution in [-0.2, 0) is 19.1 Å². The minimum absolute atomic E-state index is 0.175. The third kappa shape index (κ3) is 4.10. The predicted molar refractivity (Wildman–Crippen MR) is 130 cm³/mol. The number of para-hydroxylation sites is 1. The van der Waals surface area contributed by atoms with Gasteiger partial charge in [0.1, 0.15) is 5.54 Å². The maximum atomic E-state index is 14.3. The molecule has 1 saturated heterocycles. The highest BCUT2D eigenvalue weighted by atomic mass is 16.7. The molecule has 180 valence electrons. The summed E-state index contributed by atoms with van der Waals surface area (Å²) in [7, 11) is 1.64.